The van der Waals surface area contributed by atoms with Crippen LogP contribution in [0.4, 0.5) is 5.69 Å². The molecular weight excluding hydrogens is 355 g/mol. The summed E-state index contributed by atoms with van der Waals surface area (Å²) in [7, 11) is 1.82. The standard InChI is InChI=1S/C12H16N6.HI/c1-9-4-3-5-10(6-9)17-12(13)14-7-11-15-8-16-18(11)2;/h3-6,8H,7H2,1-2H3,(H3,13,14,17);1H. The average molecular weight is 372 g/mol. The normalized spacial score (nSPS) is 10.9. The van der Waals surface area contributed by atoms with Crippen LogP contribution in [0.1, 0.15) is 11.4 Å². The van der Waals surface area contributed by atoms with Crippen molar-refractivity contribution in [2.45, 2.75) is 13.5 Å². The highest BCUT2D eigenvalue weighted by Crippen LogP contribution is 2.08. The van der Waals surface area contributed by atoms with Crippen molar-refractivity contribution in [1.29, 1.82) is 0 Å². The molecular formula is C12H17IN6. The molecule has 0 saturated heterocycles. The Bertz CT molecular complexity index is 563. The molecule has 0 bridgehead atoms. The molecule has 0 saturated carbocycles. The Balaban J connectivity index is 0.00000180. The van der Waals surface area contributed by atoms with Gasteiger partial charge in [-0.25, -0.2) is 9.98 Å². The van der Waals surface area contributed by atoms with Crippen molar-refractivity contribution < 1.29 is 0 Å². The van der Waals surface area contributed by atoms with Gasteiger partial charge in [-0.15, -0.1) is 24.0 Å². The molecule has 3 N–H and O–H groups in total. The number of nitrogens with zero attached hydrogens (tertiary/aromatic N) is 4. The first-order valence-corrected chi connectivity index (χ1v) is 5.61. The van der Waals surface area contributed by atoms with Gasteiger partial charge in [-0.3, -0.25) is 4.68 Å². The first-order valence-electron chi connectivity index (χ1n) is 5.61. The van der Waals surface area contributed by atoms with Crippen LogP contribution in [0.3, 0.4) is 0 Å². The minimum atomic E-state index is 0. The monoisotopic (exact) mass is 372 g/mol. The predicted octanol–water partition coefficient (Wildman–Crippen LogP) is 1.67. The van der Waals surface area contributed by atoms with Crippen molar-refractivity contribution in [3.8, 4) is 0 Å². The molecule has 0 amide bonds. The van der Waals surface area contributed by atoms with Gasteiger partial charge in [0.1, 0.15) is 18.7 Å². The molecule has 1 aromatic heterocycles. The SMILES string of the molecule is Cc1cccc(NC(N)=NCc2ncnn2C)c1.I. The second-order valence-electron chi connectivity index (χ2n) is 4.00. The van der Waals surface area contributed by atoms with Crippen LogP contribution in [-0.4, -0.2) is 20.7 Å². The maximum Gasteiger partial charge on any atom is 0.193 e. The van der Waals surface area contributed by atoms with Crippen LogP contribution in [0.2, 0.25) is 0 Å². The van der Waals surface area contributed by atoms with Crippen LogP contribution in [0.5, 0.6) is 0 Å². The average Bonchev–Trinajstić information content (AvgIpc) is 2.72. The molecule has 0 aliphatic carbocycles. The van der Waals surface area contributed by atoms with Gasteiger partial charge in [0.25, 0.3) is 0 Å². The summed E-state index contributed by atoms with van der Waals surface area (Å²) >= 11 is 0. The van der Waals surface area contributed by atoms with Crippen LogP contribution in [0.25, 0.3) is 0 Å². The van der Waals surface area contributed by atoms with Crippen molar-refractivity contribution in [3.05, 3.63) is 42.0 Å². The highest BCUT2D eigenvalue weighted by Gasteiger charge is 1.99. The molecule has 0 atom stereocenters. The number of anilines is 1. The number of halogens is 1. The van der Waals surface area contributed by atoms with Gasteiger partial charge in [0.05, 0.1) is 0 Å². The molecule has 1 aromatic carbocycles. The van der Waals surface area contributed by atoms with E-state index in [2.05, 4.69) is 20.4 Å². The molecule has 19 heavy (non-hydrogen) atoms. The number of nitrogens with two attached hydrogens (primary N) is 1. The Morgan fingerprint density at radius 3 is 2.89 bits per heavy atom. The second-order valence-corrected chi connectivity index (χ2v) is 4.00. The zero-order chi connectivity index (χ0) is 13.0. The molecule has 2 aromatic rings. The van der Waals surface area contributed by atoms with E-state index in [9.17, 15) is 0 Å². The van der Waals surface area contributed by atoms with Gasteiger partial charge in [-0.05, 0) is 24.6 Å². The van der Waals surface area contributed by atoms with E-state index in [1.165, 1.54) is 11.9 Å². The number of rotatable bonds is 3. The molecule has 0 radical (unpaired) electrons. The molecule has 102 valence electrons. The molecule has 0 aliphatic heterocycles. The fraction of sp³-hybridized carbons (Fsp3) is 0.250. The van der Waals surface area contributed by atoms with Gasteiger partial charge in [0, 0.05) is 12.7 Å². The van der Waals surface area contributed by atoms with Gasteiger partial charge in [0.2, 0.25) is 0 Å². The third kappa shape index (κ3) is 4.51. The number of benzene rings is 1. The quantitative estimate of drug-likeness (QED) is 0.488. The van der Waals surface area contributed by atoms with Gasteiger partial charge in [-0.2, -0.15) is 5.10 Å². The van der Waals surface area contributed by atoms with Crippen molar-refractivity contribution in [1.82, 2.24) is 14.8 Å². The third-order valence-corrected chi connectivity index (χ3v) is 2.49. The Hall–Kier alpha value is -1.64. The molecule has 7 heteroatoms. The molecule has 0 unspecified atom stereocenters. The van der Waals surface area contributed by atoms with Crippen molar-refractivity contribution in [2.75, 3.05) is 5.32 Å². The first kappa shape index (κ1) is 15.4. The molecule has 2 rings (SSSR count). The second kappa shape index (κ2) is 7.07. The molecule has 0 aliphatic rings. The highest BCUT2D eigenvalue weighted by atomic mass is 127. The van der Waals surface area contributed by atoms with E-state index < -0.39 is 0 Å². The number of guanidine groups is 1. The van der Waals surface area contributed by atoms with Crippen LogP contribution in [-0.2, 0) is 13.6 Å². The summed E-state index contributed by atoms with van der Waals surface area (Å²) < 4.78 is 1.67. The van der Waals surface area contributed by atoms with E-state index in [-0.39, 0.29) is 24.0 Å². The van der Waals surface area contributed by atoms with Crippen molar-refractivity contribution in [3.63, 3.8) is 0 Å². The lowest BCUT2D eigenvalue weighted by Crippen LogP contribution is -2.22. The highest BCUT2D eigenvalue weighted by molar-refractivity contribution is 14.0. The van der Waals surface area contributed by atoms with Gasteiger partial charge in [-0.1, -0.05) is 12.1 Å². The number of aliphatic imine (C=N–C) groups is 1. The lowest BCUT2D eigenvalue weighted by atomic mass is 10.2. The predicted molar refractivity (Wildman–Crippen MR) is 86.5 cm³/mol. The van der Waals surface area contributed by atoms with Crippen LogP contribution in [0, 0.1) is 6.92 Å². The molecule has 0 spiro atoms. The molecule has 0 fully saturated rings. The van der Waals surface area contributed by atoms with Crippen LogP contribution < -0.4 is 11.1 Å². The third-order valence-electron chi connectivity index (χ3n) is 2.49. The fourth-order valence-corrected chi connectivity index (χ4v) is 1.53. The summed E-state index contributed by atoms with van der Waals surface area (Å²) in [5, 5.41) is 7.00. The largest absolute Gasteiger partial charge is 0.370 e. The van der Waals surface area contributed by atoms with E-state index >= 15 is 0 Å². The lowest BCUT2D eigenvalue weighted by molar-refractivity contribution is 0.702. The summed E-state index contributed by atoms with van der Waals surface area (Å²) in [6, 6.07) is 7.94. The van der Waals surface area contributed by atoms with Gasteiger partial charge >= 0.3 is 0 Å². The topological polar surface area (TPSA) is 81.1 Å². The zero-order valence-corrected chi connectivity index (χ0v) is 13.2. The summed E-state index contributed by atoms with van der Waals surface area (Å²) in [5.41, 5.74) is 7.90. The number of hydrogen-bond donors (Lipinski definition) is 2. The maximum absolute atomic E-state index is 5.80. The van der Waals surface area contributed by atoms with E-state index in [1.807, 2.05) is 38.2 Å². The fourth-order valence-electron chi connectivity index (χ4n) is 1.53. The summed E-state index contributed by atoms with van der Waals surface area (Å²) in [4.78, 5) is 8.28. The Labute approximate surface area is 129 Å². The summed E-state index contributed by atoms with van der Waals surface area (Å²) in [6.07, 6.45) is 1.50. The number of aromatic nitrogens is 3. The Kier molecular flexibility index (Phi) is 5.74. The van der Waals surface area contributed by atoms with Crippen molar-refractivity contribution in [2.24, 2.45) is 17.8 Å². The number of nitrogens with one attached hydrogen (secondary N) is 1. The minimum Gasteiger partial charge on any atom is -0.370 e. The minimum absolute atomic E-state index is 0. The number of hydrogen-bond acceptors (Lipinski definition) is 3. The van der Waals surface area contributed by atoms with Gasteiger partial charge < -0.3 is 11.1 Å². The zero-order valence-electron chi connectivity index (χ0n) is 10.9. The van der Waals surface area contributed by atoms with Crippen LogP contribution in [0.15, 0.2) is 35.6 Å². The van der Waals surface area contributed by atoms with Gasteiger partial charge in [0.15, 0.2) is 5.96 Å². The van der Waals surface area contributed by atoms with E-state index in [0.29, 0.717) is 12.5 Å². The summed E-state index contributed by atoms with van der Waals surface area (Å²) in [5.74, 6) is 1.13. The van der Waals surface area contributed by atoms with E-state index in [1.54, 1.807) is 4.68 Å². The van der Waals surface area contributed by atoms with E-state index in [0.717, 1.165) is 11.5 Å². The van der Waals surface area contributed by atoms with Crippen molar-refractivity contribution >= 4 is 35.6 Å². The summed E-state index contributed by atoms with van der Waals surface area (Å²) in [6.45, 7) is 2.43. The Morgan fingerprint density at radius 1 is 1.47 bits per heavy atom. The molecule has 6 nitrogen and oxygen atoms in total. The Morgan fingerprint density at radius 2 is 2.26 bits per heavy atom. The molecule has 1 heterocycles. The first-order chi connectivity index (χ1) is 8.65. The maximum atomic E-state index is 5.80. The smallest absolute Gasteiger partial charge is 0.193 e. The lowest BCUT2D eigenvalue weighted by Gasteiger charge is -2.06. The number of aryl methyl sites for hydroxylation is 2. The van der Waals surface area contributed by atoms with Crippen LogP contribution >= 0.6 is 24.0 Å². The van der Waals surface area contributed by atoms with E-state index in [4.69, 9.17) is 5.73 Å².